The molecule has 0 saturated carbocycles. The highest BCUT2D eigenvalue weighted by molar-refractivity contribution is 5.82. The summed E-state index contributed by atoms with van der Waals surface area (Å²) < 4.78 is 54.3. The second kappa shape index (κ2) is 14.4. The van der Waals surface area contributed by atoms with Crippen LogP contribution in [-0.4, -0.2) is 58.1 Å². The van der Waals surface area contributed by atoms with Crippen molar-refractivity contribution in [3.8, 4) is 23.0 Å². The van der Waals surface area contributed by atoms with E-state index in [0.717, 1.165) is 34.3 Å². The van der Waals surface area contributed by atoms with E-state index in [2.05, 4.69) is 15.0 Å². The first kappa shape index (κ1) is 34.2. The number of aliphatic hydroxyl groups is 1. The molecule has 0 aliphatic heterocycles. The van der Waals surface area contributed by atoms with Crippen LogP contribution in [0.1, 0.15) is 29.7 Å². The van der Waals surface area contributed by atoms with Gasteiger partial charge in [0.2, 0.25) is 0 Å². The largest absolute Gasteiger partial charge is 0.497 e. The van der Waals surface area contributed by atoms with Gasteiger partial charge in [-0.25, -0.2) is 18.4 Å². The van der Waals surface area contributed by atoms with E-state index in [1.54, 1.807) is 46.2 Å². The highest BCUT2D eigenvalue weighted by atomic mass is 19.1. The monoisotopic (exact) mass is 684 g/mol. The molecule has 6 aromatic rings. The second-order valence-electron chi connectivity index (χ2n) is 12.0. The molecule has 13 heteroatoms. The topological polar surface area (TPSA) is 109 Å². The van der Waals surface area contributed by atoms with Gasteiger partial charge in [-0.05, 0) is 66.6 Å². The summed E-state index contributed by atoms with van der Waals surface area (Å²) in [4.78, 5) is 6.15. The Bertz CT molecular complexity index is 1990. The fraction of sp³-hybridized carbons (Fsp3) is 0.270. The number of halogens is 2. The summed E-state index contributed by atoms with van der Waals surface area (Å²) >= 11 is 0. The number of anilines is 1. The third kappa shape index (κ3) is 7.18. The van der Waals surface area contributed by atoms with E-state index in [9.17, 15) is 9.50 Å². The Morgan fingerprint density at radius 1 is 0.800 bits per heavy atom. The number of aromatic nitrogens is 5. The van der Waals surface area contributed by atoms with Crippen LogP contribution in [0.3, 0.4) is 0 Å². The first-order valence-electron chi connectivity index (χ1n) is 15.8. The summed E-state index contributed by atoms with van der Waals surface area (Å²) in [6.45, 7) is 2.56. The maximum Gasteiger partial charge on any atom is 0.137 e. The van der Waals surface area contributed by atoms with E-state index >= 15 is 4.39 Å². The Balaban J connectivity index is 1.40. The molecule has 4 aromatic carbocycles. The molecule has 0 amide bonds. The molecule has 0 fully saturated rings. The first-order chi connectivity index (χ1) is 24.1. The molecular formula is C37H38F2N6O5. The van der Waals surface area contributed by atoms with Gasteiger partial charge in [-0.15, -0.1) is 0 Å². The molecule has 2 heterocycles. The third-order valence-electron chi connectivity index (χ3n) is 8.80. The second-order valence-corrected chi connectivity index (χ2v) is 12.0. The van der Waals surface area contributed by atoms with E-state index in [1.165, 1.54) is 23.4 Å². The molecule has 0 unspecified atom stereocenters. The van der Waals surface area contributed by atoms with Crippen molar-refractivity contribution in [1.29, 1.82) is 0 Å². The predicted molar refractivity (Wildman–Crippen MR) is 184 cm³/mol. The quantitative estimate of drug-likeness (QED) is 0.142. The molecule has 0 bridgehead atoms. The van der Waals surface area contributed by atoms with Gasteiger partial charge in [0.1, 0.15) is 52.9 Å². The van der Waals surface area contributed by atoms with Crippen LogP contribution in [0.15, 0.2) is 91.6 Å². The number of nitrogens with zero attached hydrogens (tertiary/aromatic N) is 6. The summed E-state index contributed by atoms with van der Waals surface area (Å²) in [5.74, 6) is 1.06. The van der Waals surface area contributed by atoms with Gasteiger partial charge in [-0.1, -0.05) is 6.07 Å². The number of rotatable bonds is 14. The average molecular weight is 685 g/mol. The molecule has 2 aromatic heterocycles. The molecule has 6 rings (SSSR count). The van der Waals surface area contributed by atoms with Gasteiger partial charge in [-0.2, -0.15) is 10.2 Å². The van der Waals surface area contributed by atoms with Gasteiger partial charge >= 0.3 is 0 Å². The number of hydrogen-bond donors (Lipinski definition) is 1. The van der Waals surface area contributed by atoms with Gasteiger partial charge in [-0.3, -0.25) is 4.68 Å². The van der Waals surface area contributed by atoms with Crippen molar-refractivity contribution < 1.29 is 32.8 Å². The molecule has 0 aliphatic rings. The van der Waals surface area contributed by atoms with Crippen LogP contribution in [0, 0.1) is 11.6 Å². The predicted octanol–water partition coefficient (Wildman–Crippen LogP) is 6.30. The van der Waals surface area contributed by atoms with Gasteiger partial charge < -0.3 is 29.0 Å². The lowest BCUT2D eigenvalue weighted by atomic mass is 9.86. The lowest BCUT2D eigenvalue weighted by Gasteiger charge is -2.34. The summed E-state index contributed by atoms with van der Waals surface area (Å²) in [6.07, 6.45) is 4.55. The van der Waals surface area contributed by atoms with E-state index in [1.807, 2.05) is 54.6 Å². The Morgan fingerprint density at radius 3 is 1.92 bits per heavy atom. The minimum absolute atomic E-state index is 0.0873. The molecule has 0 spiro atoms. The lowest BCUT2D eigenvalue weighted by molar-refractivity contribution is -0.0366. The van der Waals surface area contributed by atoms with Crippen LogP contribution in [0.4, 0.5) is 14.5 Å². The van der Waals surface area contributed by atoms with E-state index < -0.39 is 23.3 Å². The van der Waals surface area contributed by atoms with Crippen molar-refractivity contribution in [1.82, 2.24) is 24.5 Å². The molecule has 0 aliphatic carbocycles. The highest BCUT2D eigenvalue weighted by Gasteiger charge is 2.41. The van der Waals surface area contributed by atoms with Gasteiger partial charge in [0.15, 0.2) is 0 Å². The number of methoxy groups -OCH3 is 4. The molecule has 0 saturated heterocycles. The zero-order valence-corrected chi connectivity index (χ0v) is 28.4. The highest BCUT2D eigenvalue weighted by Crippen LogP contribution is 2.38. The van der Waals surface area contributed by atoms with Crippen molar-refractivity contribution in [2.24, 2.45) is 0 Å². The minimum Gasteiger partial charge on any atom is -0.497 e. The Kier molecular flexibility index (Phi) is 9.86. The van der Waals surface area contributed by atoms with Gasteiger partial charge in [0.25, 0.3) is 0 Å². The zero-order chi connectivity index (χ0) is 35.4. The van der Waals surface area contributed by atoms with Crippen LogP contribution >= 0.6 is 0 Å². The van der Waals surface area contributed by atoms with Gasteiger partial charge in [0, 0.05) is 54.1 Å². The fourth-order valence-electron chi connectivity index (χ4n) is 6.08. The SMILES string of the molecule is COc1cc(CN(Cc2cc(OC)cc(OC)c2)c2ccc3nn([C@H](C)[C@](O)(Cn4cncn4)c4ccc(F)cc4F)cc3c2)cc(OC)c1. The summed E-state index contributed by atoms with van der Waals surface area (Å²) in [5, 5.41) is 21.8. The van der Waals surface area contributed by atoms with Crippen LogP contribution in [-0.2, 0) is 25.2 Å². The van der Waals surface area contributed by atoms with E-state index in [-0.39, 0.29) is 12.1 Å². The number of ether oxygens (including phenoxy) is 4. The van der Waals surface area contributed by atoms with Gasteiger partial charge in [0.05, 0.1) is 46.5 Å². The third-order valence-corrected chi connectivity index (χ3v) is 8.80. The van der Waals surface area contributed by atoms with Crippen molar-refractivity contribution in [3.63, 3.8) is 0 Å². The summed E-state index contributed by atoms with van der Waals surface area (Å²) in [6, 6.07) is 19.7. The molecule has 50 heavy (non-hydrogen) atoms. The van der Waals surface area contributed by atoms with Crippen molar-refractivity contribution in [2.45, 2.75) is 38.2 Å². The standard InChI is InChI=1S/C37H38F2N6O5/c1-24(37(46,21-44-23-40-22-41-44)34-8-6-28(38)15-35(34)39)45-20-27-14-29(7-9-36(27)42-45)43(18-25-10-30(47-2)16-31(11-25)48-3)19-26-12-32(49-4)17-33(13-26)50-5/h6-17,20,22-24,46H,18-19,21H2,1-5H3/t24-,37-/m1/s1. The maximum atomic E-state index is 15.2. The molecule has 11 nitrogen and oxygen atoms in total. The smallest absolute Gasteiger partial charge is 0.137 e. The lowest BCUT2D eigenvalue weighted by Crippen LogP contribution is -2.40. The van der Waals surface area contributed by atoms with Crippen LogP contribution in [0.5, 0.6) is 23.0 Å². The average Bonchev–Trinajstić information content (AvgIpc) is 3.80. The van der Waals surface area contributed by atoms with Crippen molar-refractivity contribution in [3.05, 3.63) is 120 Å². The van der Waals surface area contributed by atoms with Crippen LogP contribution in [0.2, 0.25) is 0 Å². The summed E-state index contributed by atoms with van der Waals surface area (Å²) in [7, 11) is 6.46. The molecule has 260 valence electrons. The Hall–Kier alpha value is -5.69. The Morgan fingerprint density at radius 2 is 1.40 bits per heavy atom. The Labute approximate surface area is 288 Å². The van der Waals surface area contributed by atoms with Crippen molar-refractivity contribution >= 4 is 16.6 Å². The summed E-state index contributed by atoms with van der Waals surface area (Å²) in [5.41, 5.74) is 1.50. The zero-order valence-electron chi connectivity index (χ0n) is 28.4. The first-order valence-corrected chi connectivity index (χ1v) is 15.8. The molecule has 1 N–H and O–H groups in total. The van der Waals surface area contributed by atoms with Crippen molar-refractivity contribution in [2.75, 3.05) is 33.3 Å². The molecule has 0 radical (unpaired) electrons. The molecular weight excluding hydrogens is 646 g/mol. The maximum absolute atomic E-state index is 15.2. The van der Waals surface area contributed by atoms with Crippen LogP contribution < -0.4 is 23.8 Å². The normalized spacial score (nSPS) is 13.1. The number of benzene rings is 4. The number of hydrogen-bond acceptors (Lipinski definition) is 9. The minimum atomic E-state index is -1.88. The molecule has 2 atom stereocenters. The number of fused-ring (bicyclic) bond motifs is 1. The van der Waals surface area contributed by atoms with E-state index in [0.29, 0.717) is 41.6 Å². The van der Waals surface area contributed by atoms with E-state index in [4.69, 9.17) is 24.0 Å². The van der Waals surface area contributed by atoms with Crippen LogP contribution in [0.25, 0.3) is 10.9 Å². The fourth-order valence-corrected chi connectivity index (χ4v) is 6.08.